The second kappa shape index (κ2) is 7.55. The number of terminal acetylenes is 1. The highest BCUT2D eigenvalue weighted by molar-refractivity contribution is 4.84. The number of methoxy groups -OCH3 is 1. The summed E-state index contributed by atoms with van der Waals surface area (Å²) in [6.45, 7) is 1.65. The molecule has 0 heterocycles. The number of aliphatic hydroxyl groups excluding tert-OH is 1. The molecule has 0 aliphatic carbocycles. The highest BCUT2D eigenvalue weighted by Crippen LogP contribution is 1.80. The van der Waals surface area contributed by atoms with Gasteiger partial charge in [0.05, 0.1) is 12.7 Å². The minimum absolute atomic E-state index is 0.364. The van der Waals surface area contributed by atoms with E-state index < -0.39 is 6.10 Å². The van der Waals surface area contributed by atoms with Crippen molar-refractivity contribution in [3.63, 3.8) is 0 Å². The van der Waals surface area contributed by atoms with Gasteiger partial charge in [0.25, 0.3) is 0 Å². The number of hydrogen-bond acceptors (Lipinski definition) is 3. The van der Waals surface area contributed by atoms with Gasteiger partial charge in [-0.1, -0.05) is 0 Å². The van der Waals surface area contributed by atoms with Crippen molar-refractivity contribution >= 4 is 0 Å². The zero-order valence-electron chi connectivity index (χ0n) is 6.84. The minimum atomic E-state index is -0.433. The Morgan fingerprint density at radius 1 is 1.73 bits per heavy atom. The van der Waals surface area contributed by atoms with E-state index in [4.69, 9.17) is 16.3 Å². The maximum atomic E-state index is 9.11. The summed E-state index contributed by atoms with van der Waals surface area (Å²) >= 11 is 0. The Kier molecular flexibility index (Phi) is 7.16. The molecular weight excluding hydrogens is 142 g/mol. The lowest BCUT2D eigenvalue weighted by atomic mass is 10.3. The van der Waals surface area contributed by atoms with Crippen LogP contribution in [0.3, 0.4) is 0 Å². The second-order valence-corrected chi connectivity index (χ2v) is 2.27. The van der Waals surface area contributed by atoms with Crippen molar-refractivity contribution in [1.82, 2.24) is 5.32 Å². The molecule has 0 aromatic carbocycles. The van der Waals surface area contributed by atoms with Gasteiger partial charge in [0.1, 0.15) is 0 Å². The molecule has 64 valence electrons. The number of aliphatic hydroxyl groups is 1. The molecule has 0 spiro atoms. The van der Waals surface area contributed by atoms with Crippen molar-refractivity contribution in [1.29, 1.82) is 0 Å². The van der Waals surface area contributed by atoms with E-state index in [9.17, 15) is 0 Å². The molecular formula is C8H15NO2. The van der Waals surface area contributed by atoms with E-state index in [-0.39, 0.29) is 0 Å². The lowest BCUT2D eigenvalue weighted by Gasteiger charge is -2.08. The Morgan fingerprint density at radius 2 is 2.45 bits per heavy atom. The van der Waals surface area contributed by atoms with E-state index in [1.54, 1.807) is 7.11 Å². The molecule has 0 bridgehead atoms. The summed E-state index contributed by atoms with van der Waals surface area (Å²) in [4.78, 5) is 0. The van der Waals surface area contributed by atoms with Crippen LogP contribution in [0.4, 0.5) is 0 Å². The SMILES string of the molecule is C#CCCNCC(O)COC. The van der Waals surface area contributed by atoms with Gasteiger partial charge in [-0.2, -0.15) is 0 Å². The van der Waals surface area contributed by atoms with Crippen LogP contribution in [0, 0.1) is 12.3 Å². The minimum Gasteiger partial charge on any atom is -0.389 e. The van der Waals surface area contributed by atoms with Gasteiger partial charge < -0.3 is 15.2 Å². The van der Waals surface area contributed by atoms with Crippen LogP contribution < -0.4 is 5.32 Å². The molecule has 0 aromatic heterocycles. The predicted molar refractivity (Wildman–Crippen MR) is 44.2 cm³/mol. The Labute approximate surface area is 67.8 Å². The molecule has 11 heavy (non-hydrogen) atoms. The third-order valence-corrected chi connectivity index (χ3v) is 1.19. The van der Waals surface area contributed by atoms with E-state index in [0.717, 1.165) is 6.54 Å². The van der Waals surface area contributed by atoms with Crippen molar-refractivity contribution in [3.8, 4) is 12.3 Å². The van der Waals surface area contributed by atoms with Crippen LogP contribution >= 0.6 is 0 Å². The number of ether oxygens (including phenoxy) is 1. The molecule has 0 saturated carbocycles. The van der Waals surface area contributed by atoms with Crippen LogP contribution in [0.15, 0.2) is 0 Å². The topological polar surface area (TPSA) is 41.5 Å². The van der Waals surface area contributed by atoms with Gasteiger partial charge in [-0.3, -0.25) is 0 Å². The first-order valence-electron chi connectivity index (χ1n) is 3.62. The summed E-state index contributed by atoms with van der Waals surface area (Å²) in [5.74, 6) is 2.50. The largest absolute Gasteiger partial charge is 0.389 e. The summed E-state index contributed by atoms with van der Waals surface area (Å²) in [7, 11) is 1.56. The molecule has 0 fully saturated rings. The number of hydrogen-bond donors (Lipinski definition) is 2. The monoisotopic (exact) mass is 157 g/mol. The lowest BCUT2D eigenvalue weighted by Crippen LogP contribution is -2.30. The lowest BCUT2D eigenvalue weighted by molar-refractivity contribution is 0.0648. The molecule has 0 aliphatic rings. The predicted octanol–water partition coefficient (Wildman–Crippen LogP) is -0.393. The third kappa shape index (κ3) is 7.34. The summed E-state index contributed by atoms with van der Waals surface area (Å²) in [5.41, 5.74) is 0. The molecule has 3 nitrogen and oxygen atoms in total. The van der Waals surface area contributed by atoms with Crippen LogP contribution in [-0.2, 0) is 4.74 Å². The fraction of sp³-hybridized carbons (Fsp3) is 0.750. The quantitative estimate of drug-likeness (QED) is 0.407. The Morgan fingerprint density at radius 3 is 3.00 bits per heavy atom. The Balaban J connectivity index is 3.05. The average molecular weight is 157 g/mol. The molecule has 0 saturated heterocycles. The van der Waals surface area contributed by atoms with E-state index in [2.05, 4.69) is 11.2 Å². The maximum absolute atomic E-state index is 9.11. The first-order chi connectivity index (χ1) is 5.31. The molecule has 2 N–H and O–H groups in total. The fourth-order valence-corrected chi connectivity index (χ4v) is 0.681. The van der Waals surface area contributed by atoms with Gasteiger partial charge >= 0.3 is 0 Å². The van der Waals surface area contributed by atoms with E-state index in [0.29, 0.717) is 19.6 Å². The highest BCUT2D eigenvalue weighted by Gasteiger charge is 2.00. The molecule has 0 aromatic rings. The molecule has 0 radical (unpaired) electrons. The first-order valence-corrected chi connectivity index (χ1v) is 3.62. The van der Waals surface area contributed by atoms with Crippen LogP contribution in [0.25, 0.3) is 0 Å². The molecule has 0 rings (SSSR count). The van der Waals surface area contributed by atoms with Crippen LogP contribution in [0.2, 0.25) is 0 Å². The average Bonchev–Trinajstić information content (AvgIpc) is 1.99. The molecule has 1 atom stereocenters. The van der Waals surface area contributed by atoms with E-state index in [1.807, 2.05) is 0 Å². The smallest absolute Gasteiger partial charge is 0.0897 e. The van der Waals surface area contributed by atoms with E-state index >= 15 is 0 Å². The zero-order chi connectivity index (χ0) is 8.53. The van der Waals surface area contributed by atoms with Gasteiger partial charge in [0.2, 0.25) is 0 Å². The highest BCUT2D eigenvalue weighted by atomic mass is 16.5. The number of rotatable bonds is 6. The molecule has 3 heteroatoms. The van der Waals surface area contributed by atoms with Crippen LogP contribution in [-0.4, -0.2) is 38.0 Å². The van der Waals surface area contributed by atoms with E-state index in [1.165, 1.54) is 0 Å². The number of nitrogens with one attached hydrogen (secondary N) is 1. The normalized spacial score (nSPS) is 12.5. The summed E-state index contributed by atoms with van der Waals surface area (Å²) < 4.78 is 4.73. The zero-order valence-corrected chi connectivity index (χ0v) is 6.84. The third-order valence-electron chi connectivity index (χ3n) is 1.19. The maximum Gasteiger partial charge on any atom is 0.0897 e. The van der Waals surface area contributed by atoms with Crippen molar-refractivity contribution in [2.24, 2.45) is 0 Å². The summed E-state index contributed by atoms with van der Waals surface area (Å²) in [5, 5.41) is 12.1. The summed E-state index contributed by atoms with van der Waals surface area (Å²) in [6.07, 6.45) is 5.29. The van der Waals surface area contributed by atoms with Gasteiger partial charge in [-0.15, -0.1) is 12.3 Å². The molecule has 0 amide bonds. The van der Waals surface area contributed by atoms with Gasteiger partial charge in [-0.25, -0.2) is 0 Å². The first kappa shape index (κ1) is 10.4. The van der Waals surface area contributed by atoms with Gasteiger partial charge in [-0.05, 0) is 0 Å². The van der Waals surface area contributed by atoms with Crippen molar-refractivity contribution in [2.45, 2.75) is 12.5 Å². The van der Waals surface area contributed by atoms with Gasteiger partial charge in [0, 0.05) is 26.6 Å². The molecule has 1 unspecified atom stereocenters. The standard InChI is InChI=1S/C8H15NO2/c1-3-4-5-9-6-8(10)7-11-2/h1,8-10H,4-7H2,2H3. The van der Waals surface area contributed by atoms with Crippen molar-refractivity contribution < 1.29 is 9.84 Å². The second-order valence-electron chi connectivity index (χ2n) is 2.27. The van der Waals surface area contributed by atoms with Crippen LogP contribution in [0.1, 0.15) is 6.42 Å². The Bertz CT molecular complexity index is 120. The van der Waals surface area contributed by atoms with Crippen molar-refractivity contribution in [3.05, 3.63) is 0 Å². The Hall–Kier alpha value is -0.560. The summed E-state index contributed by atoms with van der Waals surface area (Å²) in [6, 6.07) is 0. The van der Waals surface area contributed by atoms with Crippen LogP contribution in [0.5, 0.6) is 0 Å². The fourth-order valence-electron chi connectivity index (χ4n) is 0.681. The molecule has 0 aliphatic heterocycles. The van der Waals surface area contributed by atoms with Crippen molar-refractivity contribution in [2.75, 3.05) is 26.8 Å². The van der Waals surface area contributed by atoms with Gasteiger partial charge in [0.15, 0.2) is 0 Å².